The summed E-state index contributed by atoms with van der Waals surface area (Å²) in [6.07, 6.45) is 0.600. The largest absolute Gasteiger partial charge is 0.507 e. The van der Waals surface area contributed by atoms with E-state index in [1.54, 1.807) is 6.92 Å². The Morgan fingerprint density at radius 2 is 1.70 bits per heavy atom. The standard InChI is InChI=1S/C22H21NO7/c1-4-10(2)18(22(29)30-3)23-21(28)11-8-13-17(15(25)9-11)20(27)16-12(19(13)26)6-5-7-14(16)24/h5-10,18,24-25H,4H2,1-3H3,(H,23,28). The molecule has 2 aromatic rings. The molecule has 30 heavy (non-hydrogen) atoms. The Morgan fingerprint density at radius 3 is 2.33 bits per heavy atom. The number of nitrogens with one attached hydrogen (secondary N) is 1. The third-order valence-electron chi connectivity index (χ3n) is 5.32. The van der Waals surface area contributed by atoms with E-state index in [0.29, 0.717) is 6.42 Å². The number of phenols is 2. The van der Waals surface area contributed by atoms with Crippen LogP contribution in [0.15, 0.2) is 30.3 Å². The number of benzene rings is 2. The van der Waals surface area contributed by atoms with Gasteiger partial charge in [0, 0.05) is 16.7 Å². The predicted molar refractivity (Wildman–Crippen MR) is 106 cm³/mol. The first-order valence-electron chi connectivity index (χ1n) is 9.38. The molecule has 3 N–H and O–H groups in total. The van der Waals surface area contributed by atoms with Crippen LogP contribution in [-0.2, 0) is 9.53 Å². The fraction of sp³-hybridized carbons (Fsp3) is 0.273. The fourth-order valence-electron chi connectivity index (χ4n) is 3.43. The summed E-state index contributed by atoms with van der Waals surface area (Å²) < 4.78 is 4.74. The van der Waals surface area contributed by atoms with Gasteiger partial charge in [0.15, 0.2) is 5.78 Å². The number of carbonyl (C=O) groups excluding carboxylic acids is 4. The molecule has 0 heterocycles. The van der Waals surface area contributed by atoms with Gasteiger partial charge in [0.25, 0.3) is 5.91 Å². The molecule has 0 fully saturated rings. The van der Waals surface area contributed by atoms with Gasteiger partial charge in [-0.2, -0.15) is 0 Å². The second-order valence-corrected chi connectivity index (χ2v) is 7.14. The molecule has 2 aromatic carbocycles. The van der Waals surface area contributed by atoms with Crippen molar-refractivity contribution >= 4 is 23.4 Å². The summed E-state index contributed by atoms with van der Waals surface area (Å²) in [5.41, 5.74) is -0.729. The molecular weight excluding hydrogens is 390 g/mol. The van der Waals surface area contributed by atoms with E-state index in [-0.39, 0.29) is 39.5 Å². The highest BCUT2D eigenvalue weighted by atomic mass is 16.5. The number of carbonyl (C=O) groups is 4. The van der Waals surface area contributed by atoms with Crippen molar-refractivity contribution in [3.05, 3.63) is 58.1 Å². The van der Waals surface area contributed by atoms with E-state index < -0.39 is 35.2 Å². The number of aromatic hydroxyl groups is 2. The molecule has 156 valence electrons. The third-order valence-corrected chi connectivity index (χ3v) is 5.32. The van der Waals surface area contributed by atoms with E-state index in [1.165, 1.54) is 31.4 Å². The summed E-state index contributed by atoms with van der Waals surface area (Å²) in [5.74, 6) is -3.79. The maximum Gasteiger partial charge on any atom is 0.328 e. The van der Waals surface area contributed by atoms with Crippen LogP contribution < -0.4 is 5.32 Å². The first-order chi connectivity index (χ1) is 14.2. The average molecular weight is 411 g/mol. The first-order valence-corrected chi connectivity index (χ1v) is 9.38. The van der Waals surface area contributed by atoms with Crippen LogP contribution in [0.3, 0.4) is 0 Å². The molecule has 8 nitrogen and oxygen atoms in total. The minimum atomic E-state index is -0.916. The van der Waals surface area contributed by atoms with Gasteiger partial charge in [0.1, 0.15) is 17.5 Å². The zero-order valence-electron chi connectivity index (χ0n) is 16.7. The maximum absolute atomic E-state index is 12.9. The Kier molecular flexibility index (Phi) is 5.60. The lowest BCUT2D eigenvalue weighted by Gasteiger charge is -2.23. The van der Waals surface area contributed by atoms with Crippen molar-refractivity contribution in [1.29, 1.82) is 0 Å². The van der Waals surface area contributed by atoms with E-state index in [9.17, 15) is 29.4 Å². The number of ketones is 2. The topological polar surface area (TPSA) is 130 Å². The van der Waals surface area contributed by atoms with Crippen molar-refractivity contribution in [3.63, 3.8) is 0 Å². The summed E-state index contributed by atoms with van der Waals surface area (Å²) in [6.45, 7) is 3.63. The highest BCUT2D eigenvalue weighted by molar-refractivity contribution is 6.30. The van der Waals surface area contributed by atoms with Crippen molar-refractivity contribution in [2.45, 2.75) is 26.3 Å². The van der Waals surface area contributed by atoms with Gasteiger partial charge in [-0.05, 0) is 24.1 Å². The van der Waals surface area contributed by atoms with Crippen molar-refractivity contribution in [3.8, 4) is 11.5 Å². The summed E-state index contributed by atoms with van der Waals surface area (Å²) in [4.78, 5) is 50.5. The molecule has 0 spiro atoms. The second kappa shape index (κ2) is 7.98. The molecule has 0 aromatic heterocycles. The summed E-state index contributed by atoms with van der Waals surface area (Å²) in [7, 11) is 1.21. The molecule has 2 unspecified atom stereocenters. The van der Waals surface area contributed by atoms with Crippen molar-refractivity contribution in [2.75, 3.05) is 7.11 Å². The Hall–Kier alpha value is -3.68. The van der Waals surface area contributed by atoms with Crippen LogP contribution in [0.25, 0.3) is 0 Å². The smallest absolute Gasteiger partial charge is 0.328 e. The van der Waals surface area contributed by atoms with Crippen LogP contribution in [0, 0.1) is 5.92 Å². The zero-order valence-corrected chi connectivity index (χ0v) is 16.7. The number of esters is 1. The number of amides is 1. The average Bonchev–Trinajstić information content (AvgIpc) is 2.73. The minimum absolute atomic E-state index is 0.0171. The highest BCUT2D eigenvalue weighted by Gasteiger charge is 2.35. The molecule has 0 bridgehead atoms. The summed E-state index contributed by atoms with van der Waals surface area (Å²) in [6, 6.07) is 5.42. The Morgan fingerprint density at radius 1 is 1.03 bits per heavy atom. The molecule has 0 saturated heterocycles. The number of hydrogen-bond donors (Lipinski definition) is 3. The number of ether oxygens (including phenoxy) is 1. The number of fused-ring (bicyclic) bond motifs is 2. The van der Waals surface area contributed by atoms with Crippen LogP contribution in [-0.4, -0.2) is 46.8 Å². The number of hydrogen-bond acceptors (Lipinski definition) is 7. The molecule has 1 amide bonds. The highest BCUT2D eigenvalue weighted by Crippen LogP contribution is 2.37. The predicted octanol–water partition coefficient (Wildman–Crippen LogP) is 2.19. The van der Waals surface area contributed by atoms with Gasteiger partial charge in [0.2, 0.25) is 5.78 Å². The Bertz CT molecular complexity index is 1070. The van der Waals surface area contributed by atoms with Gasteiger partial charge in [0.05, 0.1) is 18.2 Å². The number of rotatable bonds is 5. The van der Waals surface area contributed by atoms with E-state index in [1.807, 2.05) is 6.92 Å². The molecule has 1 aliphatic rings. The molecule has 2 atom stereocenters. The Labute approximate surface area is 172 Å². The van der Waals surface area contributed by atoms with Gasteiger partial charge in [-0.25, -0.2) is 4.79 Å². The second-order valence-electron chi connectivity index (χ2n) is 7.14. The van der Waals surface area contributed by atoms with Gasteiger partial charge in [-0.3, -0.25) is 14.4 Å². The van der Waals surface area contributed by atoms with Gasteiger partial charge in [-0.15, -0.1) is 0 Å². The van der Waals surface area contributed by atoms with Crippen molar-refractivity contribution in [2.24, 2.45) is 5.92 Å². The zero-order chi connectivity index (χ0) is 22.2. The van der Waals surface area contributed by atoms with Crippen molar-refractivity contribution in [1.82, 2.24) is 5.32 Å². The van der Waals surface area contributed by atoms with E-state index in [0.717, 1.165) is 6.07 Å². The lowest BCUT2D eigenvalue weighted by Crippen LogP contribution is -2.45. The number of phenolic OH excluding ortho intramolecular Hbond substituents is 2. The molecule has 0 aliphatic heterocycles. The third kappa shape index (κ3) is 3.41. The van der Waals surface area contributed by atoms with Crippen LogP contribution in [0.2, 0.25) is 0 Å². The van der Waals surface area contributed by atoms with E-state index in [2.05, 4.69) is 5.32 Å². The molecule has 8 heteroatoms. The van der Waals surface area contributed by atoms with Crippen LogP contribution in [0.4, 0.5) is 0 Å². The van der Waals surface area contributed by atoms with Crippen LogP contribution in [0.5, 0.6) is 11.5 Å². The molecular formula is C22H21NO7. The monoisotopic (exact) mass is 411 g/mol. The molecule has 0 saturated carbocycles. The first kappa shape index (κ1) is 21.0. The van der Waals surface area contributed by atoms with Crippen LogP contribution >= 0.6 is 0 Å². The summed E-state index contributed by atoms with van der Waals surface area (Å²) >= 11 is 0. The normalized spacial score (nSPS) is 14.4. The fourth-order valence-corrected chi connectivity index (χ4v) is 3.43. The molecule has 3 rings (SSSR count). The minimum Gasteiger partial charge on any atom is -0.507 e. The van der Waals surface area contributed by atoms with Crippen molar-refractivity contribution < 1.29 is 34.1 Å². The Balaban J connectivity index is 2.03. The van der Waals surface area contributed by atoms with E-state index in [4.69, 9.17) is 4.74 Å². The lowest BCUT2D eigenvalue weighted by molar-refractivity contribution is -0.144. The van der Waals surface area contributed by atoms with E-state index >= 15 is 0 Å². The quantitative estimate of drug-likeness (QED) is 0.549. The SMILES string of the molecule is CCC(C)C(NC(=O)c1cc(O)c2c(c1)C(=O)c1cccc(O)c1C2=O)C(=O)OC. The molecule has 1 aliphatic carbocycles. The van der Waals surface area contributed by atoms with Gasteiger partial charge >= 0.3 is 5.97 Å². The molecule has 0 radical (unpaired) electrons. The summed E-state index contributed by atoms with van der Waals surface area (Å²) in [5, 5.41) is 23.0. The van der Waals surface area contributed by atoms with Gasteiger partial charge in [-0.1, -0.05) is 32.4 Å². The van der Waals surface area contributed by atoms with Crippen LogP contribution in [0.1, 0.15) is 62.5 Å². The van der Waals surface area contributed by atoms with Gasteiger partial charge < -0.3 is 20.3 Å². The lowest BCUT2D eigenvalue weighted by atomic mass is 9.82. The number of methoxy groups -OCH3 is 1. The maximum atomic E-state index is 12.9.